The van der Waals surface area contributed by atoms with Crippen LogP contribution < -0.4 is 26.8 Å². The number of hydrogen-bond acceptors (Lipinski definition) is 10. The maximum absolute atomic E-state index is 11.9. The lowest BCUT2D eigenvalue weighted by atomic mass is 10.1. The Balaban J connectivity index is 0.000000185. The van der Waals surface area contributed by atoms with E-state index in [1.807, 2.05) is 0 Å². The summed E-state index contributed by atoms with van der Waals surface area (Å²) in [6, 6.07) is 9.59. The molecule has 2 aliphatic carbocycles. The van der Waals surface area contributed by atoms with Gasteiger partial charge in [0, 0.05) is 45.9 Å². The van der Waals surface area contributed by atoms with Crippen LogP contribution in [0.4, 0.5) is 10.0 Å². The number of fused-ring (bicyclic) bond motifs is 2. The zero-order chi connectivity index (χ0) is 33.0. The molecule has 2 aromatic heterocycles. The van der Waals surface area contributed by atoms with E-state index in [1.54, 1.807) is 30.3 Å². The fourth-order valence-corrected chi connectivity index (χ4v) is 6.46. The molecule has 15 heteroatoms. The zero-order valence-electron chi connectivity index (χ0n) is 24.1. The van der Waals surface area contributed by atoms with Crippen LogP contribution >= 0.6 is 34.3 Å². The van der Waals surface area contributed by atoms with Crippen molar-refractivity contribution in [2.75, 3.05) is 10.6 Å². The number of anilines is 2. The smallest absolute Gasteiger partial charge is 0.308 e. The summed E-state index contributed by atoms with van der Waals surface area (Å²) in [5.41, 5.74) is 11.4. The minimum absolute atomic E-state index is 0.0301. The second-order valence-corrected chi connectivity index (χ2v) is 12.9. The van der Waals surface area contributed by atoms with Gasteiger partial charge in [0.2, 0.25) is 17.1 Å². The van der Waals surface area contributed by atoms with E-state index in [9.17, 15) is 33.9 Å². The number of benzene rings is 2. The molecule has 4 aromatic rings. The zero-order valence-corrected chi connectivity index (χ0v) is 26.5. The van der Waals surface area contributed by atoms with Gasteiger partial charge < -0.3 is 31.9 Å². The predicted octanol–water partition coefficient (Wildman–Crippen LogP) is 5.10. The molecule has 0 radical (unpaired) electrons. The first-order valence-corrected chi connectivity index (χ1v) is 15.6. The number of carbonyl (C=O) groups excluding carboxylic acids is 6. The normalized spacial score (nSPS) is 13.5. The molecule has 12 nitrogen and oxygen atoms in total. The fraction of sp³-hybridized carbons (Fsp3) is 0.267. The maximum Gasteiger partial charge on any atom is 0.308 e. The average molecular weight is 673 g/mol. The molecule has 0 atom stereocenters. The third-order valence-electron chi connectivity index (χ3n) is 6.46. The number of phenols is 1. The Morgan fingerprint density at radius 2 is 1.20 bits per heavy atom. The molecule has 0 spiro atoms. The molecule has 0 aliphatic heterocycles. The molecule has 2 fully saturated rings. The van der Waals surface area contributed by atoms with Crippen LogP contribution in [0.5, 0.6) is 11.5 Å². The van der Waals surface area contributed by atoms with Crippen molar-refractivity contribution in [1.82, 2.24) is 0 Å². The molecule has 0 bridgehead atoms. The van der Waals surface area contributed by atoms with Crippen molar-refractivity contribution in [2.24, 2.45) is 23.3 Å². The van der Waals surface area contributed by atoms with Gasteiger partial charge in [-0.15, -0.1) is 22.7 Å². The number of nitrogens with two attached hydrogens (primary N) is 2. The largest absolute Gasteiger partial charge is 0.508 e. The molecule has 2 heterocycles. The number of esters is 1. The highest BCUT2D eigenvalue weighted by Gasteiger charge is 2.32. The van der Waals surface area contributed by atoms with Gasteiger partial charge >= 0.3 is 5.97 Å². The van der Waals surface area contributed by atoms with Gasteiger partial charge in [-0.2, -0.15) is 0 Å². The van der Waals surface area contributed by atoms with Crippen molar-refractivity contribution in [3.05, 3.63) is 47.5 Å². The number of amides is 4. The van der Waals surface area contributed by atoms with E-state index >= 15 is 0 Å². The first-order chi connectivity index (χ1) is 21.2. The van der Waals surface area contributed by atoms with Gasteiger partial charge in [-0.3, -0.25) is 28.8 Å². The molecule has 236 valence electrons. The number of phenolic OH excluding ortho intramolecular Hbond substituents is 1. The van der Waals surface area contributed by atoms with E-state index in [0.29, 0.717) is 37.7 Å². The average Bonchev–Trinajstić information content (AvgIpc) is 3.86. The summed E-state index contributed by atoms with van der Waals surface area (Å²) in [5, 5.41) is 16.8. The van der Waals surface area contributed by atoms with E-state index in [4.69, 9.17) is 16.2 Å². The fourth-order valence-electron chi connectivity index (χ4n) is 4.18. The molecule has 45 heavy (non-hydrogen) atoms. The summed E-state index contributed by atoms with van der Waals surface area (Å²) >= 11 is 7.13. The topological polar surface area (TPSA) is 208 Å². The van der Waals surface area contributed by atoms with Crippen LogP contribution in [0.1, 0.15) is 60.2 Å². The monoisotopic (exact) mass is 672 g/mol. The number of rotatable bonds is 7. The third kappa shape index (κ3) is 8.77. The second kappa shape index (κ2) is 14.1. The van der Waals surface area contributed by atoms with Gasteiger partial charge in [0.1, 0.15) is 21.5 Å². The van der Waals surface area contributed by atoms with E-state index in [2.05, 4.69) is 22.2 Å². The molecular formula is C30H29ClN4O8S2. The predicted molar refractivity (Wildman–Crippen MR) is 173 cm³/mol. The summed E-state index contributed by atoms with van der Waals surface area (Å²) in [6.07, 6.45) is 3.53. The van der Waals surface area contributed by atoms with E-state index in [1.165, 1.54) is 42.6 Å². The van der Waals surface area contributed by atoms with Crippen LogP contribution in [0.3, 0.4) is 0 Å². The van der Waals surface area contributed by atoms with Crippen molar-refractivity contribution in [3.63, 3.8) is 0 Å². The summed E-state index contributed by atoms with van der Waals surface area (Å²) in [5.74, 6) is -1.18. The van der Waals surface area contributed by atoms with Gasteiger partial charge in [-0.1, -0.05) is 0 Å². The van der Waals surface area contributed by atoms with Gasteiger partial charge in [0.15, 0.2) is 0 Å². The number of halogens is 1. The number of hydrogen-bond donors (Lipinski definition) is 5. The van der Waals surface area contributed by atoms with Crippen molar-refractivity contribution >= 4 is 99.3 Å². The summed E-state index contributed by atoms with van der Waals surface area (Å²) in [7, 11) is 0. The highest BCUT2D eigenvalue weighted by Crippen LogP contribution is 2.40. The molecule has 0 saturated heterocycles. The molecule has 0 unspecified atom stereocenters. The van der Waals surface area contributed by atoms with Crippen LogP contribution in [0.15, 0.2) is 36.4 Å². The van der Waals surface area contributed by atoms with E-state index < -0.39 is 17.8 Å². The lowest BCUT2D eigenvalue weighted by Gasteiger charge is -2.03. The Labute approximate surface area is 269 Å². The Bertz CT molecular complexity index is 1840. The maximum atomic E-state index is 11.9. The van der Waals surface area contributed by atoms with Crippen LogP contribution in [-0.2, 0) is 19.2 Å². The SMILES string of the molecule is CC(=O)Cl.CC(=O)Oc1ccc2c(C(N)=O)c(NC(=O)C3CC3)sc2c1.NC(=O)c1c(NC(=O)C2CC2)sc2cc(O)ccc12. The number of thiophene rings is 2. The lowest BCUT2D eigenvalue weighted by Crippen LogP contribution is -2.17. The molecule has 6 rings (SSSR count). The van der Waals surface area contributed by atoms with Crippen molar-refractivity contribution in [1.29, 1.82) is 0 Å². The minimum atomic E-state index is -0.599. The highest BCUT2D eigenvalue weighted by atomic mass is 35.5. The highest BCUT2D eigenvalue weighted by molar-refractivity contribution is 7.24. The quantitative estimate of drug-likeness (QED) is 0.101. The van der Waals surface area contributed by atoms with Crippen LogP contribution in [0.25, 0.3) is 20.2 Å². The number of nitrogens with one attached hydrogen (secondary N) is 2. The van der Waals surface area contributed by atoms with Crippen LogP contribution in [0.2, 0.25) is 0 Å². The number of ether oxygens (including phenoxy) is 1. The van der Waals surface area contributed by atoms with Crippen molar-refractivity contribution in [3.8, 4) is 11.5 Å². The van der Waals surface area contributed by atoms with E-state index in [0.717, 1.165) is 35.1 Å². The lowest BCUT2D eigenvalue weighted by molar-refractivity contribution is -0.132. The van der Waals surface area contributed by atoms with Gasteiger partial charge in [-0.25, -0.2) is 0 Å². The van der Waals surface area contributed by atoms with Crippen LogP contribution in [0, 0.1) is 11.8 Å². The van der Waals surface area contributed by atoms with Crippen LogP contribution in [-0.4, -0.2) is 39.9 Å². The Morgan fingerprint density at radius 1 is 0.778 bits per heavy atom. The first-order valence-electron chi connectivity index (χ1n) is 13.6. The van der Waals surface area contributed by atoms with Gasteiger partial charge in [0.05, 0.1) is 11.1 Å². The number of carbonyl (C=O) groups is 6. The van der Waals surface area contributed by atoms with Crippen molar-refractivity contribution in [2.45, 2.75) is 39.5 Å². The number of primary amides is 2. The Hall–Kier alpha value is -4.53. The second-order valence-electron chi connectivity index (χ2n) is 10.3. The van der Waals surface area contributed by atoms with E-state index in [-0.39, 0.29) is 34.6 Å². The van der Waals surface area contributed by atoms with Crippen molar-refractivity contribution < 1.29 is 38.6 Å². The summed E-state index contributed by atoms with van der Waals surface area (Å²) in [4.78, 5) is 67.2. The first kappa shape index (κ1) is 33.4. The minimum Gasteiger partial charge on any atom is -0.508 e. The molecule has 4 amide bonds. The summed E-state index contributed by atoms with van der Waals surface area (Å²) < 4.78 is 6.47. The molecule has 7 N–H and O–H groups in total. The van der Waals surface area contributed by atoms with Gasteiger partial charge in [-0.05, 0) is 73.7 Å². The Kier molecular flexibility index (Phi) is 10.4. The number of aromatic hydroxyl groups is 1. The molecule has 2 saturated carbocycles. The summed E-state index contributed by atoms with van der Waals surface area (Å²) in [6.45, 7) is 2.61. The third-order valence-corrected chi connectivity index (χ3v) is 8.60. The standard InChI is InChI=1S/C15H14N2O4S.C13H12N2O3S.C2H3ClO/c1-7(18)21-9-4-5-10-11(6-9)22-15(12(10)13(16)19)17-14(20)8-2-3-8;14-11(17)10-8-4-3-7(16)5-9(8)19-13(10)15-12(18)6-1-2-6;1-2(3)4/h4-6,8H,2-3H2,1H3,(H2,16,19)(H,17,20);3-6,16H,1-2H2,(H2,14,17)(H,15,18);1H3. The van der Waals surface area contributed by atoms with Gasteiger partial charge in [0.25, 0.3) is 11.8 Å². The molecular weight excluding hydrogens is 644 g/mol. The Morgan fingerprint density at radius 3 is 1.60 bits per heavy atom. The molecule has 2 aliphatic rings. The molecule has 2 aromatic carbocycles.